The molecule has 0 aliphatic carbocycles. The van der Waals surface area contributed by atoms with Crippen molar-refractivity contribution >= 4 is 11.9 Å². The molecule has 1 unspecified atom stereocenters. The number of amides is 1. The van der Waals surface area contributed by atoms with Crippen LogP contribution >= 0.6 is 0 Å². The molecule has 0 aromatic rings. The van der Waals surface area contributed by atoms with Gasteiger partial charge in [-0.25, -0.2) is 4.79 Å². The first kappa shape index (κ1) is 10.6. The Hall–Kier alpha value is 0.576. The van der Waals surface area contributed by atoms with Crippen LogP contribution in [-0.2, 0) is 9.59 Å². The Bertz CT molecular complexity index is 164. The molecule has 1 saturated heterocycles. The molecule has 1 aliphatic rings. The van der Waals surface area contributed by atoms with E-state index in [1.807, 2.05) is 0 Å². The quantitative estimate of drug-likeness (QED) is 0.400. The average Bonchev–Trinajstić information content (AvgIpc) is 2.14. The van der Waals surface area contributed by atoms with Crippen LogP contribution in [0.3, 0.4) is 0 Å². The summed E-state index contributed by atoms with van der Waals surface area (Å²) in [6.45, 7) is 0. The Morgan fingerprint density at radius 3 is 2.60 bits per heavy atom. The molecular weight excluding hydrogens is 161 g/mol. The van der Waals surface area contributed by atoms with Crippen molar-refractivity contribution in [3.05, 3.63) is 0 Å². The Morgan fingerprint density at radius 2 is 2.40 bits per heavy atom. The molecule has 0 aromatic carbocycles. The molecule has 2 N–H and O–H groups in total. The molecule has 1 heterocycles. The van der Waals surface area contributed by atoms with Crippen molar-refractivity contribution in [1.82, 2.24) is 5.32 Å². The zero-order valence-electron chi connectivity index (χ0n) is 6.76. The Morgan fingerprint density at radius 1 is 1.80 bits per heavy atom. The summed E-state index contributed by atoms with van der Waals surface area (Å²) >= 11 is 0. The summed E-state index contributed by atoms with van der Waals surface area (Å²) in [5.41, 5.74) is 0. The molecule has 1 fully saturated rings. The summed E-state index contributed by atoms with van der Waals surface area (Å²) in [5.74, 6) is -1.11. The van der Waals surface area contributed by atoms with Gasteiger partial charge in [-0.1, -0.05) is 0 Å². The van der Waals surface area contributed by atoms with Crippen LogP contribution in [0.1, 0.15) is 14.3 Å². The monoisotopic (exact) mass is 169 g/mol. The van der Waals surface area contributed by atoms with Crippen LogP contribution < -0.4 is 56.7 Å². The summed E-state index contributed by atoms with van der Waals surface area (Å²) < 4.78 is 0. The average molecular weight is 169 g/mol. The normalized spacial score (nSPS) is 23.2. The molecule has 10 heavy (non-hydrogen) atoms. The third kappa shape index (κ3) is 2.67. The molecule has 1 atom stereocenters. The third-order valence-electron chi connectivity index (χ3n) is 1.29. The topological polar surface area (TPSA) is 66.4 Å². The van der Waals surface area contributed by atoms with Gasteiger partial charge in [0, 0.05) is 6.42 Å². The molecule has 0 aromatic heterocycles. The van der Waals surface area contributed by atoms with Gasteiger partial charge in [0.25, 0.3) is 0 Å². The number of aliphatic carboxylic acids is 1. The zero-order valence-corrected chi connectivity index (χ0v) is 8.88. The van der Waals surface area contributed by atoms with Crippen LogP contribution in [0, 0.1) is 0 Å². The number of hydrogen-bond acceptors (Lipinski definition) is 2. The minimum Gasteiger partial charge on any atom is -1.00 e. The third-order valence-corrected chi connectivity index (χ3v) is 1.29. The van der Waals surface area contributed by atoms with Crippen molar-refractivity contribution in [2.75, 3.05) is 0 Å². The van der Waals surface area contributed by atoms with E-state index in [0.717, 1.165) is 0 Å². The van der Waals surface area contributed by atoms with E-state index in [2.05, 4.69) is 5.32 Å². The molecule has 1 aliphatic heterocycles. The molecule has 52 valence electrons. The molecule has 4 nitrogen and oxygen atoms in total. The van der Waals surface area contributed by atoms with E-state index < -0.39 is 12.0 Å². The fraction of sp³-hybridized carbons (Fsp3) is 0.600. The number of carboxylic acids is 1. The Balaban J connectivity index is 0. The molecule has 1 rings (SSSR count). The first-order valence-corrected chi connectivity index (χ1v) is 2.72. The minimum atomic E-state index is -0.944. The fourth-order valence-corrected chi connectivity index (χ4v) is 0.799. The number of rotatable bonds is 1. The van der Waals surface area contributed by atoms with Gasteiger partial charge >= 0.3 is 57.4 Å². The van der Waals surface area contributed by atoms with E-state index in [0.29, 0.717) is 12.8 Å². The number of carbonyl (C=O) groups excluding carboxylic acids is 1. The first-order valence-electron chi connectivity index (χ1n) is 2.72. The Labute approximate surface area is 102 Å². The van der Waals surface area contributed by atoms with Gasteiger partial charge in [-0.05, 0) is 6.42 Å². The van der Waals surface area contributed by atoms with Crippen LogP contribution in [0.15, 0.2) is 0 Å². The van der Waals surface area contributed by atoms with E-state index in [1.165, 1.54) is 0 Å². The smallest absolute Gasteiger partial charge is 1.00 e. The van der Waals surface area contributed by atoms with Crippen molar-refractivity contribution in [3.8, 4) is 0 Å². The summed E-state index contributed by atoms with van der Waals surface area (Å²) in [4.78, 5) is 20.5. The number of nitrogens with one attached hydrogen (secondary N) is 1. The fourth-order valence-electron chi connectivity index (χ4n) is 0.799. The van der Waals surface area contributed by atoms with Crippen LogP contribution in [0.5, 0.6) is 0 Å². The van der Waals surface area contributed by atoms with Crippen LogP contribution in [0.25, 0.3) is 0 Å². The van der Waals surface area contributed by atoms with Gasteiger partial charge in [0.15, 0.2) is 0 Å². The van der Waals surface area contributed by atoms with Gasteiger partial charge in [-0.2, -0.15) is 0 Å². The summed E-state index contributed by atoms with van der Waals surface area (Å²) in [7, 11) is 0. The van der Waals surface area contributed by atoms with E-state index in [1.54, 1.807) is 0 Å². The molecule has 0 bridgehead atoms. The van der Waals surface area contributed by atoms with Gasteiger partial charge in [0.1, 0.15) is 6.04 Å². The molecule has 5 heteroatoms. The zero-order chi connectivity index (χ0) is 6.85. The maximum absolute atomic E-state index is 10.4. The predicted octanol–water partition coefficient (Wildman–Crippen LogP) is -3.53. The largest absolute Gasteiger partial charge is 1.00 e. The molecule has 0 spiro atoms. The summed E-state index contributed by atoms with van der Waals surface area (Å²) in [6, 6.07) is -0.641. The van der Waals surface area contributed by atoms with Crippen molar-refractivity contribution in [1.29, 1.82) is 0 Å². The Kier molecular flexibility index (Phi) is 4.71. The van der Waals surface area contributed by atoms with E-state index in [-0.39, 0.29) is 58.7 Å². The van der Waals surface area contributed by atoms with Crippen LogP contribution in [-0.4, -0.2) is 23.0 Å². The number of carbonyl (C=O) groups is 2. The van der Waals surface area contributed by atoms with E-state index in [9.17, 15) is 9.59 Å². The maximum atomic E-state index is 10.4. The van der Waals surface area contributed by atoms with Gasteiger partial charge < -0.3 is 11.8 Å². The van der Waals surface area contributed by atoms with Crippen molar-refractivity contribution in [2.45, 2.75) is 18.9 Å². The summed E-state index contributed by atoms with van der Waals surface area (Å²) in [5, 5.41) is 10.6. The van der Waals surface area contributed by atoms with E-state index >= 15 is 0 Å². The first-order chi connectivity index (χ1) is 4.20. The molecule has 1 amide bonds. The predicted molar refractivity (Wildman–Crippen MR) is 29.9 cm³/mol. The summed E-state index contributed by atoms with van der Waals surface area (Å²) in [6.07, 6.45) is 0.769. The van der Waals surface area contributed by atoms with Gasteiger partial charge in [0.2, 0.25) is 5.91 Å². The van der Waals surface area contributed by atoms with Crippen LogP contribution in [0.4, 0.5) is 0 Å². The van der Waals surface area contributed by atoms with Crippen molar-refractivity contribution in [2.24, 2.45) is 0 Å². The van der Waals surface area contributed by atoms with Gasteiger partial charge in [-0.3, -0.25) is 4.79 Å². The van der Waals surface area contributed by atoms with Gasteiger partial charge in [-0.15, -0.1) is 0 Å². The molecule has 0 saturated carbocycles. The van der Waals surface area contributed by atoms with Gasteiger partial charge in [0.05, 0.1) is 0 Å². The second kappa shape index (κ2) is 4.45. The van der Waals surface area contributed by atoms with E-state index in [4.69, 9.17) is 5.11 Å². The SMILES string of the molecule is O=C1CCC(C(=O)O)N1.[H-].[K+]. The standard InChI is InChI=1S/C5H7NO3.K.H/c7-4-2-1-3(6-4)5(8)9;;/h3H,1-2H2,(H,6,7)(H,8,9);;/q;+1;-1. The second-order valence-electron chi connectivity index (χ2n) is 2.00. The minimum absolute atomic E-state index is 0. The number of hydrogen-bond donors (Lipinski definition) is 2. The van der Waals surface area contributed by atoms with Crippen molar-refractivity contribution in [3.63, 3.8) is 0 Å². The van der Waals surface area contributed by atoms with Crippen LogP contribution in [0.2, 0.25) is 0 Å². The second-order valence-corrected chi connectivity index (χ2v) is 2.00. The number of carboxylic acid groups (broad SMARTS) is 1. The maximum Gasteiger partial charge on any atom is 1.00 e. The molecule has 0 radical (unpaired) electrons. The van der Waals surface area contributed by atoms with Crippen molar-refractivity contribution < 1.29 is 67.5 Å². The molecular formula is C5H8KNO3.